The van der Waals surface area contributed by atoms with E-state index in [-0.39, 0.29) is 0 Å². The molecule has 0 saturated heterocycles. The first-order chi connectivity index (χ1) is 20.1. The maximum absolute atomic E-state index is 5.25. The van der Waals surface area contributed by atoms with Crippen molar-refractivity contribution in [3.8, 4) is 11.5 Å². The van der Waals surface area contributed by atoms with Crippen LogP contribution >= 0.6 is 0 Å². The topological polar surface area (TPSA) is 130 Å². The van der Waals surface area contributed by atoms with Gasteiger partial charge < -0.3 is 14.5 Å². The van der Waals surface area contributed by atoms with Gasteiger partial charge in [-0.1, -0.05) is 18.2 Å². The molecule has 0 aliphatic rings. The number of rotatable bonds is 8. The number of aromatic amines is 1. The molecule has 12 nitrogen and oxygen atoms in total. The molecule has 0 unspecified atom stereocenters. The van der Waals surface area contributed by atoms with Gasteiger partial charge in [0, 0.05) is 0 Å². The van der Waals surface area contributed by atoms with Crippen molar-refractivity contribution in [3.05, 3.63) is 90.3 Å². The molecule has 0 spiro atoms. The number of aromatic nitrogens is 4. The molecule has 1 N–H and O–H groups in total. The van der Waals surface area contributed by atoms with Gasteiger partial charge in [0.2, 0.25) is 0 Å². The average Bonchev–Trinajstić information content (AvgIpc) is 3.60. The van der Waals surface area contributed by atoms with E-state index in [2.05, 4.69) is 35.7 Å². The minimum Gasteiger partial charge on any atom is -0.497 e. The van der Waals surface area contributed by atoms with Gasteiger partial charge in [0.25, 0.3) is 0 Å². The predicted molar refractivity (Wildman–Crippen MR) is 155 cm³/mol. The van der Waals surface area contributed by atoms with Crippen LogP contribution in [0, 0.1) is 13.8 Å². The molecule has 0 aliphatic heterocycles. The van der Waals surface area contributed by atoms with Crippen LogP contribution in [0.3, 0.4) is 0 Å². The van der Waals surface area contributed by atoms with Crippen molar-refractivity contribution in [2.45, 2.75) is 13.8 Å². The third-order valence-electron chi connectivity index (χ3n) is 6.38. The van der Waals surface area contributed by atoms with E-state index < -0.39 is 0 Å². The van der Waals surface area contributed by atoms with Crippen molar-refractivity contribution in [2.75, 3.05) is 14.2 Å². The summed E-state index contributed by atoms with van der Waals surface area (Å²) in [6.07, 6.45) is 0. The third-order valence-corrected chi connectivity index (χ3v) is 6.38. The fourth-order valence-corrected chi connectivity index (χ4v) is 4.30. The first-order valence-electron chi connectivity index (χ1n) is 12.8. The number of benzene rings is 3. The lowest BCUT2D eigenvalue weighted by atomic mass is 10.3. The number of azo groups is 3. The first-order valence-corrected chi connectivity index (χ1v) is 12.8. The molecule has 0 atom stereocenters. The molecule has 3 aromatic carbocycles. The number of H-pyrrole nitrogens is 1. The lowest BCUT2D eigenvalue weighted by Crippen LogP contribution is -1.92. The normalized spacial score (nSPS) is 12.1. The Morgan fingerprint density at radius 1 is 0.610 bits per heavy atom. The van der Waals surface area contributed by atoms with Crippen LogP contribution in [0.25, 0.3) is 11.3 Å². The summed E-state index contributed by atoms with van der Waals surface area (Å²) in [6.45, 7) is 3.79. The van der Waals surface area contributed by atoms with Gasteiger partial charge in [-0.25, -0.2) is 14.0 Å². The lowest BCUT2D eigenvalue weighted by molar-refractivity contribution is 0.414. The van der Waals surface area contributed by atoms with Crippen molar-refractivity contribution in [1.82, 2.24) is 19.0 Å². The van der Waals surface area contributed by atoms with Crippen molar-refractivity contribution in [2.24, 2.45) is 30.7 Å². The minimum atomic E-state index is 0.520. The number of ether oxygens (including phenoxy) is 2. The van der Waals surface area contributed by atoms with Crippen LogP contribution in [0.1, 0.15) is 11.4 Å². The van der Waals surface area contributed by atoms with E-state index in [1.54, 1.807) is 14.2 Å². The Labute approximate surface area is 234 Å². The van der Waals surface area contributed by atoms with E-state index in [0.29, 0.717) is 45.7 Å². The average molecular weight is 547 g/mol. The van der Waals surface area contributed by atoms with Crippen LogP contribution in [-0.2, 0) is 0 Å². The van der Waals surface area contributed by atoms with Crippen LogP contribution < -0.4 is 9.47 Å². The zero-order valence-electron chi connectivity index (χ0n) is 22.8. The maximum Gasteiger partial charge on any atom is 0.198 e. The number of methoxy groups -OCH3 is 2. The highest BCUT2D eigenvalue weighted by Crippen LogP contribution is 2.38. The summed E-state index contributed by atoms with van der Waals surface area (Å²) in [5.74, 6) is 2.56. The van der Waals surface area contributed by atoms with Gasteiger partial charge in [-0.15, -0.1) is 25.6 Å². The van der Waals surface area contributed by atoms with Crippen molar-refractivity contribution in [3.63, 3.8) is 0 Å². The second kappa shape index (κ2) is 10.8. The molecule has 0 radical (unpaired) electrons. The second-order valence-corrected chi connectivity index (χ2v) is 9.07. The summed E-state index contributed by atoms with van der Waals surface area (Å²) in [5.41, 5.74) is 5.24. The number of fused-ring (bicyclic) bond motifs is 3. The van der Waals surface area contributed by atoms with Gasteiger partial charge in [-0.3, -0.25) is 0 Å². The number of hydrogen-bond acceptors (Lipinski definition) is 9. The Bertz CT molecular complexity index is 1800. The maximum atomic E-state index is 5.25. The molecule has 12 heteroatoms. The van der Waals surface area contributed by atoms with E-state index in [0.717, 1.165) is 22.9 Å². The van der Waals surface area contributed by atoms with Gasteiger partial charge in [0.1, 0.15) is 11.5 Å². The standard InChI is InChI=1S/C29H26N10O2/c1-18-26(36-33-21-10-14-23(40-3)15-11-21)38-28(30-18)25(35-32-20-8-6-5-7-9-20)29-31-19(2)27(39(29)38)37-34-22-12-16-24(41-4)17-13-22/h5-17,30H,1-4H3. The molecule has 6 rings (SSSR count). The SMILES string of the molecule is COc1ccc(N=Nc2c(C)nc3c(N=Nc4ccccc4)c4[nH]c(C)c(N=Nc5ccc(OC)cc5)n4n23)cc1. The molecule has 6 aromatic rings. The summed E-state index contributed by atoms with van der Waals surface area (Å²) in [7, 11) is 3.24. The molecule has 0 aliphatic carbocycles. The number of hydrogen-bond donors (Lipinski definition) is 1. The highest BCUT2D eigenvalue weighted by atomic mass is 16.5. The van der Waals surface area contributed by atoms with Gasteiger partial charge in [0.15, 0.2) is 28.6 Å². The predicted octanol–water partition coefficient (Wildman–Crippen LogP) is 8.80. The quantitative estimate of drug-likeness (QED) is 0.191. The molecule has 3 aromatic heterocycles. The first kappa shape index (κ1) is 25.6. The van der Waals surface area contributed by atoms with E-state index >= 15 is 0 Å². The van der Waals surface area contributed by atoms with E-state index in [4.69, 9.17) is 14.5 Å². The molecular formula is C29H26N10O2. The molecule has 41 heavy (non-hydrogen) atoms. The van der Waals surface area contributed by atoms with E-state index in [1.165, 1.54) is 0 Å². The molecule has 0 saturated carbocycles. The highest BCUT2D eigenvalue weighted by molar-refractivity contribution is 5.84. The molecule has 0 bridgehead atoms. The van der Waals surface area contributed by atoms with E-state index in [1.807, 2.05) is 102 Å². The Balaban J connectivity index is 1.52. The Kier molecular flexibility index (Phi) is 6.78. The monoisotopic (exact) mass is 546 g/mol. The molecule has 3 heterocycles. The lowest BCUT2D eigenvalue weighted by Gasteiger charge is -2.00. The number of aryl methyl sites for hydroxylation is 2. The third kappa shape index (κ3) is 4.93. The van der Waals surface area contributed by atoms with Gasteiger partial charge in [-0.05, 0) is 74.5 Å². The molecule has 0 amide bonds. The van der Waals surface area contributed by atoms with E-state index in [9.17, 15) is 0 Å². The summed E-state index contributed by atoms with van der Waals surface area (Å²) < 4.78 is 14.2. The fourth-order valence-electron chi connectivity index (χ4n) is 4.30. The fraction of sp³-hybridized carbons (Fsp3) is 0.138. The van der Waals surface area contributed by atoms with Crippen LogP contribution in [0.15, 0.2) is 110 Å². The summed E-state index contributed by atoms with van der Waals surface area (Å²) in [5, 5.41) is 27.1. The Morgan fingerprint density at radius 2 is 1.15 bits per heavy atom. The van der Waals surface area contributed by atoms with Crippen LogP contribution in [0.2, 0.25) is 0 Å². The number of nitrogens with zero attached hydrogens (tertiary/aromatic N) is 9. The minimum absolute atomic E-state index is 0.520. The summed E-state index contributed by atoms with van der Waals surface area (Å²) in [4.78, 5) is 8.17. The smallest absolute Gasteiger partial charge is 0.198 e. The summed E-state index contributed by atoms with van der Waals surface area (Å²) in [6, 6.07) is 24.2. The number of nitrogens with one attached hydrogen (secondary N) is 1. The highest BCUT2D eigenvalue weighted by Gasteiger charge is 2.24. The van der Waals surface area contributed by atoms with Gasteiger partial charge in [-0.2, -0.15) is 5.11 Å². The van der Waals surface area contributed by atoms with Crippen LogP contribution in [-0.4, -0.2) is 33.2 Å². The molecular weight excluding hydrogens is 520 g/mol. The number of imidazole rings is 2. The Hall–Kier alpha value is -5.65. The van der Waals surface area contributed by atoms with Crippen LogP contribution in [0.4, 0.5) is 34.4 Å². The Morgan fingerprint density at radius 3 is 1.73 bits per heavy atom. The van der Waals surface area contributed by atoms with Crippen molar-refractivity contribution < 1.29 is 9.47 Å². The van der Waals surface area contributed by atoms with Crippen LogP contribution in [0.5, 0.6) is 11.5 Å². The summed E-state index contributed by atoms with van der Waals surface area (Å²) >= 11 is 0. The molecule has 204 valence electrons. The van der Waals surface area contributed by atoms with Crippen molar-refractivity contribution >= 4 is 45.7 Å². The largest absolute Gasteiger partial charge is 0.497 e. The second-order valence-electron chi connectivity index (χ2n) is 9.07. The zero-order valence-corrected chi connectivity index (χ0v) is 22.8. The van der Waals surface area contributed by atoms with Gasteiger partial charge in [0.05, 0.1) is 42.7 Å². The van der Waals surface area contributed by atoms with Gasteiger partial charge >= 0.3 is 0 Å². The van der Waals surface area contributed by atoms with Crippen molar-refractivity contribution in [1.29, 1.82) is 0 Å². The molecule has 0 fully saturated rings. The zero-order chi connectivity index (χ0) is 28.3.